The number of ether oxygens (including phenoxy) is 1. The Bertz CT molecular complexity index is 888. The van der Waals surface area contributed by atoms with Gasteiger partial charge < -0.3 is 10.1 Å². The molecule has 0 spiro atoms. The Morgan fingerprint density at radius 3 is 2.40 bits per heavy atom. The van der Waals surface area contributed by atoms with Gasteiger partial charge in [-0.05, 0) is 28.5 Å². The lowest BCUT2D eigenvalue weighted by Crippen LogP contribution is -2.22. The van der Waals surface area contributed by atoms with Gasteiger partial charge in [0, 0.05) is 11.1 Å². The number of amides is 1. The first kappa shape index (κ1) is 17.0. The zero-order valence-electron chi connectivity index (χ0n) is 14.9. The van der Waals surface area contributed by atoms with Gasteiger partial charge in [0.1, 0.15) is 5.75 Å². The smallest absolute Gasteiger partial charge is 0.262 e. The normalized spacial score (nSPS) is 11.3. The zero-order valence-corrected chi connectivity index (χ0v) is 14.9. The predicted molar refractivity (Wildman–Crippen MR) is 103 cm³/mol. The fourth-order valence-electron chi connectivity index (χ4n) is 2.88. The highest BCUT2D eigenvalue weighted by atomic mass is 16.5. The van der Waals surface area contributed by atoms with Crippen LogP contribution >= 0.6 is 0 Å². The van der Waals surface area contributed by atoms with E-state index in [1.165, 1.54) is 0 Å². The van der Waals surface area contributed by atoms with Gasteiger partial charge in [-0.2, -0.15) is 0 Å². The first-order valence-corrected chi connectivity index (χ1v) is 8.45. The lowest BCUT2D eigenvalue weighted by atomic mass is 9.86. The minimum absolute atomic E-state index is 0.0175. The number of hydrogen-bond acceptors (Lipinski definition) is 2. The van der Waals surface area contributed by atoms with Crippen LogP contribution < -0.4 is 10.1 Å². The highest BCUT2D eigenvalue weighted by Gasteiger charge is 2.19. The minimum atomic E-state index is -0.167. The molecular formula is C22H23NO2. The van der Waals surface area contributed by atoms with Crippen molar-refractivity contribution in [3.8, 4) is 5.75 Å². The first-order valence-electron chi connectivity index (χ1n) is 8.45. The Hall–Kier alpha value is -2.81. The molecule has 0 aromatic heterocycles. The predicted octanol–water partition coefficient (Wildman–Crippen LogP) is 5.15. The van der Waals surface area contributed by atoms with Crippen LogP contribution in [0.2, 0.25) is 0 Å². The number of benzene rings is 3. The van der Waals surface area contributed by atoms with Crippen LogP contribution in [-0.4, -0.2) is 12.5 Å². The van der Waals surface area contributed by atoms with Crippen LogP contribution in [0, 0.1) is 0 Å². The van der Waals surface area contributed by atoms with Crippen molar-refractivity contribution in [2.75, 3.05) is 11.9 Å². The average molecular weight is 333 g/mol. The Balaban J connectivity index is 1.72. The van der Waals surface area contributed by atoms with Crippen molar-refractivity contribution >= 4 is 22.4 Å². The summed E-state index contributed by atoms with van der Waals surface area (Å²) in [7, 11) is 0. The van der Waals surface area contributed by atoms with E-state index in [1.54, 1.807) is 0 Å². The van der Waals surface area contributed by atoms with Crippen molar-refractivity contribution in [1.29, 1.82) is 0 Å². The number of rotatable bonds is 4. The molecule has 1 amide bonds. The van der Waals surface area contributed by atoms with Crippen LogP contribution in [0.5, 0.6) is 5.75 Å². The average Bonchev–Trinajstić information content (AvgIpc) is 2.60. The van der Waals surface area contributed by atoms with Crippen LogP contribution in [-0.2, 0) is 10.2 Å². The maximum Gasteiger partial charge on any atom is 0.262 e. The lowest BCUT2D eigenvalue weighted by Gasteiger charge is -2.22. The molecule has 3 nitrogen and oxygen atoms in total. The summed E-state index contributed by atoms with van der Waals surface area (Å²) >= 11 is 0. The molecule has 0 aliphatic rings. The number of carbonyl (C=O) groups is 1. The molecular weight excluding hydrogens is 310 g/mol. The van der Waals surface area contributed by atoms with Gasteiger partial charge in [-0.15, -0.1) is 0 Å². The Kier molecular flexibility index (Phi) is 4.75. The number of carbonyl (C=O) groups excluding carboxylic acids is 1. The molecule has 25 heavy (non-hydrogen) atoms. The van der Waals surface area contributed by atoms with Crippen molar-refractivity contribution in [2.45, 2.75) is 26.2 Å². The van der Waals surface area contributed by atoms with E-state index in [0.717, 1.165) is 27.8 Å². The second-order valence-corrected chi connectivity index (χ2v) is 7.11. The summed E-state index contributed by atoms with van der Waals surface area (Å²) in [6.07, 6.45) is 0. The van der Waals surface area contributed by atoms with E-state index >= 15 is 0 Å². The maximum absolute atomic E-state index is 12.4. The number of fused-ring (bicyclic) bond motifs is 1. The van der Waals surface area contributed by atoms with Gasteiger partial charge in [-0.1, -0.05) is 75.4 Å². The van der Waals surface area contributed by atoms with Crippen LogP contribution in [0.3, 0.4) is 0 Å². The van der Waals surface area contributed by atoms with E-state index in [-0.39, 0.29) is 17.9 Å². The fourth-order valence-corrected chi connectivity index (χ4v) is 2.88. The van der Waals surface area contributed by atoms with Gasteiger partial charge in [-0.3, -0.25) is 4.79 Å². The second-order valence-electron chi connectivity index (χ2n) is 7.11. The second kappa shape index (κ2) is 6.98. The van der Waals surface area contributed by atoms with Crippen LogP contribution in [0.25, 0.3) is 10.8 Å². The summed E-state index contributed by atoms with van der Waals surface area (Å²) in [6, 6.07) is 21.7. The highest BCUT2D eigenvalue weighted by Crippen LogP contribution is 2.31. The van der Waals surface area contributed by atoms with E-state index in [0.29, 0.717) is 0 Å². The Morgan fingerprint density at radius 1 is 0.920 bits per heavy atom. The van der Waals surface area contributed by atoms with Crippen molar-refractivity contribution in [1.82, 2.24) is 0 Å². The topological polar surface area (TPSA) is 38.3 Å². The molecule has 3 rings (SSSR count). The zero-order chi connectivity index (χ0) is 17.9. The van der Waals surface area contributed by atoms with Gasteiger partial charge in [0.2, 0.25) is 0 Å². The van der Waals surface area contributed by atoms with Crippen LogP contribution in [0.1, 0.15) is 26.3 Å². The van der Waals surface area contributed by atoms with Gasteiger partial charge >= 0.3 is 0 Å². The van der Waals surface area contributed by atoms with Gasteiger partial charge in [-0.25, -0.2) is 0 Å². The van der Waals surface area contributed by atoms with Gasteiger partial charge in [0.25, 0.3) is 5.91 Å². The quantitative estimate of drug-likeness (QED) is 0.716. The molecule has 1 N–H and O–H groups in total. The molecule has 0 saturated carbocycles. The molecule has 0 bridgehead atoms. The number of anilines is 1. The molecule has 3 heteroatoms. The van der Waals surface area contributed by atoms with Gasteiger partial charge in [0.05, 0.1) is 0 Å². The van der Waals surface area contributed by atoms with Crippen LogP contribution in [0.15, 0.2) is 66.7 Å². The first-order chi connectivity index (χ1) is 11.9. The third-order valence-electron chi connectivity index (χ3n) is 4.12. The molecule has 0 radical (unpaired) electrons. The number of hydrogen-bond donors (Lipinski definition) is 1. The summed E-state index contributed by atoms with van der Waals surface area (Å²) in [5.41, 5.74) is 1.85. The SMILES string of the molecule is CC(C)(C)c1ccccc1OCC(=O)Nc1cccc2ccccc12. The van der Waals surface area contributed by atoms with Crippen LogP contribution in [0.4, 0.5) is 5.69 Å². The van der Waals surface area contributed by atoms with E-state index in [2.05, 4.69) is 26.1 Å². The number of nitrogens with one attached hydrogen (secondary N) is 1. The molecule has 0 saturated heterocycles. The summed E-state index contributed by atoms with van der Waals surface area (Å²) in [5, 5.41) is 5.07. The summed E-state index contributed by atoms with van der Waals surface area (Å²) in [5.74, 6) is 0.586. The fraction of sp³-hybridized carbons (Fsp3) is 0.227. The van der Waals surface area contributed by atoms with Gasteiger partial charge in [0.15, 0.2) is 6.61 Å². The monoisotopic (exact) mass is 333 g/mol. The van der Waals surface area contributed by atoms with E-state index in [1.807, 2.05) is 66.7 Å². The standard InChI is InChI=1S/C22H23NO2/c1-22(2,3)18-12-6-7-14-20(18)25-15-21(24)23-19-13-8-10-16-9-4-5-11-17(16)19/h4-14H,15H2,1-3H3,(H,23,24). The molecule has 128 valence electrons. The van der Waals surface area contributed by atoms with E-state index in [4.69, 9.17) is 4.74 Å². The van der Waals surface area contributed by atoms with E-state index in [9.17, 15) is 4.79 Å². The molecule has 0 heterocycles. The van der Waals surface area contributed by atoms with Crippen molar-refractivity contribution in [3.05, 3.63) is 72.3 Å². The lowest BCUT2D eigenvalue weighted by molar-refractivity contribution is -0.118. The number of para-hydroxylation sites is 1. The van der Waals surface area contributed by atoms with Crippen molar-refractivity contribution in [2.24, 2.45) is 0 Å². The summed E-state index contributed by atoms with van der Waals surface area (Å²) in [4.78, 5) is 12.4. The molecule has 0 atom stereocenters. The summed E-state index contributed by atoms with van der Waals surface area (Å²) < 4.78 is 5.80. The minimum Gasteiger partial charge on any atom is -0.483 e. The molecule has 3 aromatic rings. The van der Waals surface area contributed by atoms with E-state index < -0.39 is 0 Å². The molecule has 0 aliphatic heterocycles. The third kappa shape index (κ3) is 4.00. The highest BCUT2D eigenvalue weighted by molar-refractivity contribution is 6.02. The molecule has 0 fully saturated rings. The third-order valence-corrected chi connectivity index (χ3v) is 4.12. The summed E-state index contributed by atoms with van der Waals surface area (Å²) in [6.45, 7) is 6.37. The molecule has 0 aliphatic carbocycles. The maximum atomic E-state index is 12.4. The molecule has 0 unspecified atom stereocenters. The molecule has 3 aromatic carbocycles. The van der Waals surface area contributed by atoms with Crippen molar-refractivity contribution < 1.29 is 9.53 Å². The largest absolute Gasteiger partial charge is 0.483 e. The Morgan fingerprint density at radius 2 is 1.60 bits per heavy atom. The van der Waals surface area contributed by atoms with Crippen molar-refractivity contribution in [3.63, 3.8) is 0 Å². The Labute approximate surface area is 148 Å².